The summed E-state index contributed by atoms with van der Waals surface area (Å²) in [6.07, 6.45) is 3.35. The van der Waals surface area contributed by atoms with E-state index in [1.54, 1.807) is 23.1 Å². The number of rotatable bonds is 5. The van der Waals surface area contributed by atoms with Crippen molar-refractivity contribution < 1.29 is 9.13 Å². The van der Waals surface area contributed by atoms with Crippen LogP contribution in [0.25, 0.3) is 0 Å². The van der Waals surface area contributed by atoms with Gasteiger partial charge >= 0.3 is 0 Å². The Labute approximate surface area is 124 Å². The SMILES string of the molecule is CCn1cc(Oc2c(F)cccc2CNC(C)(C)C)cn1. The molecule has 1 aromatic heterocycles. The Morgan fingerprint density at radius 1 is 1.33 bits per heavy atom. The van der Waals surface area contributed by atoms with Crippen molar-refractivity contribution in [1.29, 1.82) is 0 Å². The molecular formula is C16H22FN3O. The van der Waals surface area contributed by atoms with Gasteiger partial charge in [0.2, 0.25) is 0 Å². The summed E-state index contributed by atoms with van der Waals surface area (Å²) in [6.45, 7) is 9.48. The number of hydrogen-bond donors (Lipinski definition) is 1. The summed E-state index contributed by atoms with van der Waals surface area (Å²) in [4.78, 5) is 0. The second kappa shape index (κ2) is 6.26. The number of aryl methyl sites for hydroxylation is 1. The minimum Gasteiger partial charge on any atom is -0.451 e. The lowest BCUT2D eigenvalue weighted by Gasteiger charge is -2.21. The first kappa shape index (κ1) is 15.5. The highest BCUT2D eigenvalue weighted by molar-refractivity contribution is 5.38. The Morgan fingerprint density at radius 3 is 2.71 bits per heavy atom. The van der Waals surface area contributed by atoms with E-state index in [0.29, 0.717) is 12.3 Å². The lowest BCUT2D eigenvalue weighted by atomic mass is 10.1. The lowest BCUT2D eigenvalue weighted by Crippen LogP contribution is -2.35. The molecule has 0 spiro atoms. The Bertz CT molecular complexity index is 602. The summed E-state index contributed by atoms with van der Waals surface area (Å²) in [5.41, 5.74) is 0.741. The van der Waals surface area contributed by atoms with Crippen LogP contribution in [0.4, 0.5) is 4.39 Å². The van der Waals surface area contributed by atoms with Gasteiger partial charge in [-0.25, -0.2) is 4.39 Å². The molecular weight excluding hydrogens is 269 g/mol. The van der Waals surface area contributed by atoms with Crippen LogP contribution in [-0.2, 0) is 13.1 Å². The fourth-order valence-electron chi connectivity index (χ4n) is 1.86. The fourth-order valence-corrected chi connectivity index (χ4v) is 1.86. The number of hydrogen-bond acceptors (Lipinski definition) is 3. The van der Waals surface area contributed by atoms with Gasteiger partial charge in [0.1, 0.15) is 0 Å². The molecule has 0 aliphatic carbocycles. The molecule has 0 radical (unpaired) electrons. The van der Waals surface area contributed by atoms with Gasteiger partial charge < -0.3 is 10.1 Å². The van der Waals surface area contributed by atoms with Gasteiger partial charge in [-0.1, -0.05) is 12.1 Å². The van der Waals surface area contributed by atoms with Crippen LogP contribution < -0.4 is 10.1 Å². The average molecular weight is 291 g/mol. The minimum absolute atomic E-state index is 0.0450. The van der Waals surface area contributed by atoms with Crippen molar-refractivity contribution in [2.45, 2.75) is 46.3 Å². The van der Waals surface area contributed by atoms with Crippen LogP contribution in [0.3, 0.4) is 0 Å². The molecule has 0 saturated heterocycles. The first-order valence-electron chi connectivity index (χ1n) is 7.12. The normalized spacial score (nSPS) is 11.7. The van der Waals surface area contributed by atoms with Gasteiger partial charge in [-0.2, -0.15) is 5.10 Å². The maximum Gasteiger partial charge on any atom is 0.167 e. The van der Waals surface area contributed by atoms with Crippen LogP contribution in [0.2, 0.25) is 0 Å². The minimum atomic E-state index is -0.368. The summed E-state index contributed by atoms with van der Waals surface area (Å²) < 4.78 is 21.5. The van der Waals surface area contributed by atoms with Gasteiger partial charge in [-0.05, 0) is 33.8 Å². The van der Waals surface area contributed by atoms with Gasteiger partial charge in [0, 0.05) is 24.2 Å². The van der Waals surface area contributed by atoms with Gasteiger partial charge in [-0.15, -0.1) is 0 Å². The molecule has 2 aromatic rings. The Hall–Kier alpha value is -1.88. The van der Waals surface area contributed by atoms with E-state index in [1.165, 1.54) is 6.07 Å². The van der Waals surface area contributed by atoms with Crippen LogP contribution in [0, 0.1) is 5.82 Å². The number of para-hydroxylation sites is 1. The lowest BCUT2D eigenvalue weighted by molar-refractivity contribution is 0.403. The van der Waals surface area contributed by atoms with Gasteiger partial charge in [0.05, 0.1) is 12.4 Å². The molecule has 4 nitrogen and oxygen atoms in total. The largest absolute Gasteiger partial charge is 0.451 e. The molecule has 0 aliphatic heterocycles. The Morgan fingerprint density at radius 2 is 2.10 bits per heavy atom. The third-order valence-corrected chi connectivity index (χ3v) is 3.01. The smallest absolute Gasteiger partial charge is 0.167 e. The van der Waals surface area contributed by atoms with Crippen molar-refractivity contribution in [1.82, 2.24) is 15.1 Å². The first-order valence-corrected chi connectivity index (χ1v) is 7.12. The standard InChI is InChI=1S/C16H22FN3O/c1-5-20-11-13(10-19-20)21-15-12(7-6-8-14(15)17)9-18-16(2,3)4/h6-8,10-11,18H,5,9H2,1-4H3. The molecule has 0 bridgehead atoms. The van der Waals surface area contributed by atoms with Crippen molar-refractivity contribution in [2.75, 3.05) is 0 Å². The molecule has 0 atom stereocenters. The van der Waals surface area contributed by atoms with Gasteiger partial charge in [-0.3, -0.25) is 4.68 Å². The molecule has 5 heteroatoms. The molecule has 114 valence electrons. The molecule has 0 saturated carbocycles. The van der Waals surface area contributed by atoms with E-state index in [-0.39, 0.29) is 17.1 Å². The van der Waals surface area contributed by atoms with E-state index < -0.39 is 0 Å². The molecule has 0 aliphatic rings. The van der Waals surface area contributed by atoms with Crippen molar-refractivity contribution >= 4 is 0 Å². The second-order valence-electron chi connectivity index (χ2n) is 5.97. The molecule has 0 unspecified atom stereocenters. The average Bonchev–Trinajstić information content (AvgIpc) is 2.86. The number of nitrogens with one attached hydrogen (secondary N) is 1. The van der Waals surface area contributed by atoms with Crippen molar-refractivity contribution in [3.63, 3.8) is 0 Å². The van der Waals surface area contributed by atoms with Crippen molar-refractivity contribution in [3.8, 4) is 11.5 Å². The van der Waals surface area contributed by atoms with E-state index in [9.17, 15) is 4.39 Å². The zero-order valence-corrected chi connectivity index (χ0v) is 13.0. The van der Waals surface area contributed by atoms with Crippen molar-refractivity contribution in [3.05, 3.63) is 42.0 Å². The monoisotopic (exact) mass is 291 g/mol. The third-order valence-electron chi connectivity index (χ3n) is 3.01. The van der Waals surface area contributed by atoms with E-state index in [4.69, 9.17) is 4.74 Å². The Kier molecular flexibility index (Phi) is 4.63. The summed E-state index contributed by atoms with van der Waals surface area (Å²) in [7, 11) is 0. The van der Waals surface area contributed by atoms with Crippen LogP contribution in [0.5, 0.6) is 11.5 Å². The zero-order chi connectivity index (χ0) is 15.5. The van der Waals surface area contributed by atoms with Crippen LogP contribution in [0.1, 0.15) is 33.3 Å². The summed E-state index contributed by atoms with van der Waals surface area (Å²) in [6, 6.07) is 4.96. The quantitative estimate of drug-likeness (QED) is 0.912. The molecule has 2 rings (SSSR count). The number of halogens is 1. The van der Waals surface area contributed by atoms with E-state index in [1.807, 2.05) is 13.0 Å². The predicted molar refractivity (Wildman–Crippen MR) is 81.0 cm³/mol. The number of aromatic nitrogens is 2. The van der Waals surface area contributed by atoms with Crippen LogP contribution in [0.15, 0.2) is 30.6 Å². The van der Waals surface area contributed by atoms with E-state index in [2.05, 4.69) is 31.2 Å². The number of nitrogens with zero attached hydrogens (tertiary/aromatic N) is 2. The maximum atomic E-state index is 14.1. The second-order valence-corrected chi connectivity index (χ2v) is 5.97. The molecule has 0 fully saturated rings. The molecule has 1 N–H and O–H groups in total. The topological polar surface area (TPSA) is 39.1 Å². The van der Waals surface area contributed by atoms with Crippen molar-refractivity contribution in [2.24, 2.45) is 0 Å². The molecule has 1 aromatic carbocycles. The highest BCUT2D eigenvalue weighted by Gasteiger charge is 2.15. The van der Waals surface area contributed by atoms with Crippen LogP contribution >= 0.6 is 0 Å². The molecule has 0 amide bonds. The van der Waals surface area contributed by atoms with Crippen LogP contribution in [-0.4, -0.2) is 15.3 Å². The Balaban J connectivity index is 2.21. The third kappa shape index (κ3) is 4.29. The number of ether oxygens (including phenoxy) is 1. The van der Waals surface area contributed by atoms with E-state index >= 15 is 0 Å². The molecule has 21 heavy (non-hydrogen) atoms. The van der Waals surface area contributed by atoms with Gasteiger partial charge in [0.15, 0.2) is 17.3 Å². The first-order chi connectivity index (χ1) is 9.89. The highest BCUT2D eigenvalue weighted by atomic mass is 19.1. The zero-order valence-electron chi connectivity index (χ0n) is 13.0. The molecule has 1 heterocycles. The summed E-state index contributed by atoms with van der Waals surface area (Å²) in [5, 5.41) is 7.47. The summed E-state index contributed by atoms with van der Waals surface area (Å²) >= 11 is 0. The highest BCUT2D eigenvalue weighted by Crippen LogP contribution is 2.28. The van der Waals surface area contributed by atoms with E-state index in [0.717, 1.165) is 12.1 Å². The fraction of sp³-hybridized carbons (Fsp3) is 0.438. The van der Waals surface area contributed by atoms with Gasteiger partial charge in [0.25, 0.3) is 0 Å². The summed E-state index contributed by atoms with van der Waals surface area (Å²) in [5.74, 6) is 0.427. The maximum absolute atomic E-state index is 14.1. The number of benzene rings is 1. The predicted octanol–water partition coefficient (Wildman–Crippen LogP) is 3.72.